The van der Waals surface area contributed by atoms with E-state index in [0.717, 1.165) is 12.0 Å². The molecule has 0 unspecified atom stereocenters. The first kappa shape index (κ1) is 28.1. The number of amides is 1. The Morgan fingerprint density at radius 1 is 1.29 bits per heavy atom. The highest BCUT2D eigenvalue weighted by Gasteiger charge is 2.39. The van der Waals surface area contributed by atoms with Crippen LogP contribution in [0.3, 0.4) is 0 Å². The minimum Gasteiger partial charge on any atom is -0.393 e. The summed E-state index contributed by atoms with van der Waals surface area (Å²) >= 11 is 13.4. The molecule has 0 aliphatic heterocycles. The molecule has 5 nitrogen and oxygen atoms in total. The van der Waals surface area contributed by atoms with Crippen LogP contribution in [0.2, 0.25) is 8.67 Å². The molecule has 1 heterocycles. The van der Waals surface area contributed by atoms with Crippen molar-refractivity contribution in [3.8, 4) is 0 Å². The zero-order valence-electron chi connectivity index (χ0n) is 18.2. The number of rotatable bonds is 11. The summed E-state index contributed by atoms with van der Waals surface area (Å²) in [4.78, 5) is 10.7. The monoisotopic (exact) mass is 491 g/mol. The Labute approximate surface area is 199 Å². The van der Waals surface area contributed by atoms with E-state index in [9.17, 15) is 20.1 Å². The molecule has 0 radical (unpaired) electrons. The topological polar surface area (TPSA) is 104 Å². The molecule has 0 saturated heterocycles. The van der Waals surface area contributed by atoms with Gasteiger partial charge >= 0.3 is 0 Å². The van der Waals surface area contributed by atoms with E-state index in [0.29, 0.717) is 47.2 Å². The lowest BCUT2D eigenvalue weighted by Gasteiger charge is -2.19. The van der Waals surface area contributed by atoms with Crippen LogP contribution in [0.4, 0.5) is 0 Å². The molecule has 1 saturated carbocycles. The maximum absolute atomic E-state index is 10.7. The van der Waals surface area contributed by atoms with E-state index >= 15 is 0 Å². The first-order valence-electron chi connectivity index (χ1n) is 10.9. The van der Waals surface area contributed by atoms with Crippen molar-refractivity contribution in [1.82, 2.24) is 0 Å². The summed E-state index contributed by atoms with van der Waals surface area (Å²) in [6.45, 7) is 4.00. The SMILES string of the molecule is CC.NC(=O)CCC/C=C\C[C@@H]1[C@@H](/C=C/[C@@H](O)CCc2cc(Cl)sc2Cl)[C@H](O)C[C@@H]1O. The van der Waals surface area contributed by atoms with Gasteiger partial charge in [0.15, 0.2) is 0 Å². The average Bonchev–Trinajstić information content (AvgIpc) is 3.19. The largest absolute Gasteiger partial charge is 0.393 e. The van der Waals surface area contributed by atoms with Crippen LogP contribution in [-0.2, 0) is 11.2 Å². The number of aryl methyl sites for hydroxylation is 1. The second kappa shape index (κ2) is 15.0. The minimum absolute atomic E-state index is 0.106. The molecular weight excluding hydrogens is 457 g/mol. The fraction of sp³-hybridized carbons (Fsp3) is 0.609. The first-order chi connectivity index (χ1) is 14.8. The molecule has 0 spiro atoms. The summed E-state index contributed by atoms with van der Waals surface area (Å²) in [5, 5.41) is 30.8. The van der Waals surface area contributed by atoms with Crippen molar-refractivity contribution in [3.05, 3.63) is 44.6 Å². The van der Waals surface area contributed by atoms with Gasteiger partial charge in [-0.25, -0.2) is 0 Å². The highest BCUT2D eigenvalue weighted by molar-refractivity contribution is 7.20. The minimum atomic E-state index is -0.667. The van der Waals surface area contributed by atoms with E-state index in [1.807, 2.05) is 38.1 Å². The van der Waals surface area contributed by atoms with Crippen LogP contribution < -0.4 is 5.73 Å². The third-order valence-corrected chi connectivity index (χ3v) is 6.85. The Morgan fingerprint density at radius 2 is 2.00 bits per heavy atom. The number of hydrogen-bond donors (Lipinski definition) is 4. The lowest BCUT2D eigenvalue weighted by molar-refractivity contribution is -0.118. The molecule has 5 N–H and O–H groups in total. The third kappa shape index (κ3) is 10.1. The number of halogens is 2. The fourth-order valence-electron chi connectivity index (χ4n) is 3.67. The zero-order valence-corrected chi connectivity index (χ0v) is 20.5. The number of hydrogen-bond acceptors (Lipinski definition) is 5. The van der Waals surface area contributed by atoms with Crippen LogP contribution in [0.15, 0.2) is 30.4 Å². The van der Waals surface area contributed by atoms with Crippen molar-refractivity contribution in [2.45, 2.75) is 77.1 Å². The Balaban J connectivity index is 0.00000233. The third-order valence-electron chi connectivity index (χ3n) is 5.28. The Kier molecular flexibility index (Phi) is 13.7. The maximum atomic E-state index is 10.7. The molecule has 31 heavy (non-hydrogen) atoms. The zero-order chi connectivity index (χ0) is 23.4. The number of aliphatic hydroxyl groups is 3. The number of aliphatic hydroxyl groups excluding tert-OH is 3. The van der Waals surface area contributed by atoms with Crippen LogP contribution in [0.5, 0.6) is 0 Å². The van der Waals surface area contributed by atoms with E-state index in [1.165, 1.54) is 11.3 Å². The number of primary amides is 1. The summed E-state index contributed by atoms with van der Waals surface area (Å²) < 4.78 is 1.27. The highest BCUT2D eigenvalue weighted by atomic mass is 35.5. The highest BCUT2D eigenvalue weighted by Crippen LogP contribution is 2.36. The van der Waals surface area contributed by atoms with Crippen molar-refractivity contribution in [1.29, 1.82) is 0 Å². The van der Waals surface area contributed by atoms with Gasteiger partial charge in [0.05, 0.1) is 27.0 Å². The van der Waals surface area contributed by atoms with Gasteiger partial charge in [-0.05, 0) is 49.7 Å². The number of thiophene rings is 1. The van der Waals surface area contributed by atoms with E-state index < -0.39 is 18.3 Å². The lowest BCUT2D eigenvalue weighted by Crippen LogP contribution is -2.20. The molecule has 1 aliphatic carbocycles. The molecule has 0 aromatic carbocycles. The summed E-state index contributed by atoms with van der Waals surface area (Å²) in [6.07, 6.45) is 9.47. The molecule has 8 heteroatoms. The summed E-state index contributed by atoms with van der Waals surface area (Å²) in [7, 11) is 0. The number of carbonyl (C=O) groups is 1. The maximum Gasteiger partial charge on any atom is 0.217 e. The second-order valence-electron chi connectivity index (χ2n) is 7.52. The number of nitrogens with two attached hydrogens (primary N) is 1. The van der Waals surface area contributed by atoms with Gasteiger partial charge < -0.3 is 21.1 Å². The lowest BCUT2D eigenvalue weighted by atomic mass is 9.89. The molecule has 1 aromatic rings. The van der Waals surface area contributed by atoms with E-state index in [1.54, 1.807) is 6.08 Å². The summed E-state index contributed by atoms with van der Waals surface area (Å²) in [6, 6.07) is 1.81. The first-order valence-corrected chi connectivity index (χ1v) is 12.4. The van der Waals surface area contributed by atoms with Gasteiger partial charge in [-0.2, -0.15) is 0 Å². The van der Waals surface area contributed by atoms with Gasteiger partial charge in [0.2, 0.25) is 5.91 Å². The van der Waals surface area contributed by atoms with Crippen LogP contribution in [0.25, 0.3) is 0 Å². The van der Waals surface area contributed by atoms with Crippen LogP contribution in [0, 0.1) is 11.8 Å². The Bertz CT molecular complexity index is 722. The smallest absolute Gasteiger partial charge is 0.217 e. The average molecular weight is 493 g/mol. The molecule has 1 aromatic heterocycles. The molecule has 5 atom stereocenters. The fourth-order valence-corrected chi connectivity index (χ4v) is 5.22. The van der Waals surface area contributed by atoms with Crippen LogP contribution in [-0.4, -0.2) is 39.5 Å². The Morgan fingerprint density at radius 3 is 2.61 bits per heavy atom. The van der Waals surface area contributed by atoms with Crippen LogP contribution in [0.1, 0.15) is 57.9 Å². The van der Waals surface area contributed by atoms with E-state index in [4.69, 9.17) is 28.9 Å². The van der Waals surface area contributed by atoms with Crippen molar-refractivity contribution < 1.29 is 20.1 Å². The summed E-state index contributed by atoms with van der Waals surface area (Å²) in [5.74, 6) is -0.624. The number of allylic oxidation sites excluding steroid dienone is 2. The van der Waals surface area contributed by atoms with E-state index in [-0.39, 0.29) is 17.7 Å². The van der Waals surface area contributed by atoms with Crippen molar-refractivity contribution in [3.63, 3.8) is 0 Å². The van der Waals surface area contributed by atoms with Gasteiger partial charge in [0.25, 0.3) is 0 Å². The molecule has 1 amide bonds. The number of carbonyl (C=O) groups excluding carboxylic acids is 1. The predicted octanol–water partition coefficient (Wildman–Crippen LogP) is 4.89. The van der Waals surface area contributed by atoms with Gasteiger partial charge in [0, 0.05) is 18.8 Å². The molecular formula is C23H35Cl2NO4S. The van der Waals surface area contributed by atoms with Crippen molar-refractivity contribution in [2.24, 2.45) is 17.6 Å². The second-order valence-corrected chi connectivity index (χ2v) is 9.80. The summed E-state index contributed by atoms with van der Waals surface area (Å²) in [5.41, 5.74) is 6.04. The van der Waals surface area contributed by atoms with Gasteiger partial charge in [0.1, 0.15) is 0 Å². The number of unbranched alkanes of at least 4 members (excludes halogenated alkanes) is 1. The van der Waals surface area contributed by atoms with E-state index in [2.05, 4.69) is 0 Å². The van der Waals surface area contributed by atoms with Gasteiger partial charge in [-0.15, -0.1) is 11.3 Å². The standard InChI is InChI=1S/C21H29Cl2NO4S.C2H6/c22-19-11-13(21(23)29-19)7-8-14(25)9-10-16-15(17(26)12-18(16)27)5-3-1-2-4-6-20(24)28;1-2/h1,3,9-11,14-18,25-27H,2,4-8,12H2,(H2,24,28);1-2H3/b3-1-,10-9+;/t14-,15+,16+,17-,18+;/m0./s1. The van der Waals surface area contributed by atoms with Crippen molar-refractivity contribution in [2.75, 3.05) is 0 Å². The molecule has 1 aliphatic rings. The Hall–Kier alpha value is -0.890. The quantitative estimate of drug-likeness (QED) is 0.261. The molecule has 0 bridgehead atoms. The molecule has 2 rings (SSSR count). The normalized spacial score (nSPS) is 24.5. The van der Waals surface area contributed by atoms with Gasteiger partial charge in [-0.3, -0.25) is 4.79 Å². The van der Waals surface area contributed by atoms with Gasteiger partial charge in [-0.1, -0.05) is 61.4 Å². The van der Waals surface area contributed by atoms with Crippen LogP contribution >= 0.6 is 34.5 Å². The molecule has 1 fully saturated rings. The van der Waals surface area contributed by atoms with Crippen molar-refractivity contribution >= 4 is 40.4 Å². The molecule has 176 valence electrons. The predicted molar refractivity (Wildman–Crippen MR) is 130 cm³/mol.